The highest BCUT2D eigenvalue weighted by Crippen LogP contribution is 2.08. The molecular weight excluding hydrogens is 238 g/mol. The summed E-state index contributed by atoms with van der Waals surface area (Å²) in [5, 5.41) is 20.1. The number of carbonyl (C=O) groups is 2. The number of piperazine rings is 1. The third-order valence-corrected chi connectivity index (χ3v) is 3.11. The lowest BCUT2D eigenvalue weighted by Crippen LogP contribution is -2.57. The van der Waals surface area contributed by atoms with Crippen LogP contribution in [0.15, 0.2) is 0 Å². The zero-order valence-electron chi connectivity index (χ0n) is 10.8. The van der Waals surface area contributed by atoms with E-state index >= 15 is 0 Å². The number of aliphatic hydroxyl groups excluding tert-OH is 1. The largest absolute Gasteiger partial charge is 0.480 e. The van der Waals surface area contributed by atoms with E-state index in [-0.39, 0.29) is 25.1 Å². The number of aliphatic carboxylic acids is 1. The Morgan fingerprint density at radius 2 is 2.11 bits per heavy atom. The second-order valence-electron chi connectivity index (χ2n) is 4.66. The van der Waals surface area contributed by atoms with Gasteiger partial charge in [0.25, 0.3) is 0 Å². The topological polar surface area (TPSA) is 93.1 Å². The predicted molar refractivity (Wildman–Crippen MR) is 65.3 cm³/mol. The summed E-state index contributed by atoms with van der Waals surface area (Å²) in [4.78, 5) is 26.6. The van der Waals surface area contributed by atoms with E-state index < -0.39 is 12.0 Å². The van der Waals surface area contributed by atoms with Crippen molar-refractivity contribution in [2.45, 2.75) is 25.4 Å². The molecule has 0 spiro atoms. The van der Waals surface area contributed by atoms with Crippen LogP contribution in [-0.4, -0.2) is 77.4 Å². The molecule has 1 aliphatic rings. The number of urea groups is 1. The number of nitrogens with zero attached hydrogens (tertiary/aromatic N) is 2. The molecule has 2 atom stereocenters. The third-order valence-electron chi connectivity index (χ3n) is 3.11. The summed E-state index contributed by atoms with van der Waals surface area (Å²) in [6.45, 7) is 3.78. The first-order valence-corrected chi connectivity index (χ1v) is 6.05. The van der Waals surface area contributed by atoms with E-state index in [1.54, 1.807) is 4.90 Å². The first-order chi connectivity index (χ1) is 8.45. The number of rotatable bonds is 4. The number of amides is 2. The zero-order chi connectivity index (χ0) is 13.7. The van der Waals surface area contributed by atoms with Crippen molar-refractivity contribution in [2.24, 2.45) is 0 Å². The van der Waals surface area contributed by atoms with Gasteiger partial charge in [-0.3, -0.25) is 0 Å². The van der Waals surface area contributed by atoms with Crippen LogP contribution in [0.4, 0.5) is 4.79 Å². The molecule has 104 valence electrons. The van der Waals surface area contributed by atoms with Gasteiger partial charge < -0.3 is 25.3 Å². The number of nitrogens with one attached hydrogen (secondary N) is 1. The quantitative estimate of drug-likeness (QED) is 0.612. The van der Waals surface area contributed by atoms with Crippen LogP contribution >= 0.6 is 0 Å². The molecule has 0 aromatic rings. The normalized spacial score (nSPS) is 22.6. The third kappa shape index (κ3) is 3.85. The predicted octanol–water partition coefficient (Wildman–Crippen LogP) is -0.832. The summed E-state index contributed by atoms with van der Waals surface area (Å²) in [5.74, 6) is -1.13. The Bertz CT molecular complexity index is 311. The lowest BCUT2D eigenvalue weighted by Gasteiger charge is -2.38. The molecule has 7 nitrogen and oxygen atoms in total. The molecule has 1 unspecified atom stereocenters. The fraction of sp³-hybridized carbons (Fsp3) is 0.818. The average molecular weight is 259 g/mol. The van der Waals surface area contributed by atoms with Gasteiger partial charge in [-0.15, -0.1) is 0 Å². The fourth-order valence-electron chi connectivity index (χ4n) is 2.06. The van der Waals surface area contributed by atoms with Crippen molar-refractivity contribution in [3.63, 3.8) is 0 Å². The van der Waals surface area contributed by atoms with Gasteiger partial charge in [-0.1, -0.05) is 0 Å². The van der Waals surface area contributed by atoms with Crippen LogP contribution < -0.4 is 5.32 Å². The van der Waals surface area contributed by atoms with E-state index in [2.05, 4.69) is 10.2 Å². The number of hydrogen-bond acceptors (Lipinski definition) is 4. The first-order valence-electron chi connectivity index (χ1n) is 6.05. The van der Waals surface area contributed by atoms with Gasteiger partial charge in [-0.2, -0.15) is 0 Å². The van der Waals surface area contributed by atoms with E-state index in [0.717, 1.165) is 13.1 Å². The molecule has 1 heterocycles. The molecule has 0 radical (unpaired) electrons. The van der Waals surface area contributed by atoms with Crippen LogP contribution in [0.25, 0.3) is 0 Å². The summed E-state index contributed by atoms with van der Waals surface area (Å²) in [5.41, 5.74) is 0. The van der Waals surface area contributed by atoms with Crippen LogP contribution in [0.1, 0.15) is 13.3 Å². The Morgan fingerprint density at radius 1 is 1.44 bits per heavy atom. The lowest BCUT2D eigenvalue weighted by atomic mass is 10.2. The molecule has 18 heavy (non-hydrogen) atoms. The maximum Gasteiger partial charge on any atom is 0.326 e. The van der Waals surface area contributed by atoms with Crippen LogP contribution in [0.2, 0.25) is 0 Å². The standard InChI is InChI=1S/C11H21N3O4/c1-8-7-13(2)4-5-14(8)11(18)12-9(3-6-15)10(16)17/h8-9,15H,3-7H2,1-2H3,(H,12,18)(H,16,17)/t8?,9-/m1/s1. The van der Waals surface area contributed by atoms with Crippen molar-refractivity contribution < 1.29 is 19.8 Å². The molecule has 7 heteroatoms. The van der Waals surface area contributed by atoms with Crippen molar-refractivity contribution in [1.29, 1.82) is 0 Å². The van der Waals surface area contributed by atoms with E-state index in [0.29, 0.717) is 6.54 Å². The van der Waals surface area contributed by atoms with Crippen molar-refractivity contribution >= 4 is 12.0 Å². The maximum absolute atomic E-state index is 12.0. The Morgan fingerprint density at radius 3 is 2.61 bits per heavy atom. The average Bonchev–Trinajstić information content (AvgIpc) is 2.27. The number of aliphatic hydroxyl groups is 1. The molecule has 0 saturated carbocycles. The van der Waals surface area contributed by atoms with Gasteiger partial charge in [0.1, 0.15) is 6.04 Å². The van der Waals surface area contributed by atoms with Gasteiger partial charge in [0.2, 0.25) is 0 Å². The molecule has 1 fully saturated rings. The van der Waals surface area contributed by atoms with E-state index in [1.165, 1.54) is 0 Å². The summed E-state index contributed by atoms with van der Waals surface area (Å²) in [6, 6.07) is -1.36. The summed E-state index contributed by atoms with van der Waals surface area (Å²) >= 11 is 0. The number of carboxylic acid groups (broad SMARTS) is 1. The van der Waals surface area contributed by atoms with Crippen LogP contribution in [0.3, 0.4) is 0 Å². The highest BCUT2D eigenvalue weighted by Gasteiger charge is 2.28. The molecule has 1 aliphatic heterocycles. The summed E-state index contributed by atoms with van der Waals surface area (Å²) in [7, 11) is 1.98. The van der Waals surface area contributed by atoms with Gasteiger partial charge in [0.15, 0.2) is 0 Å². The second kappa shape index (κ2) is 6.55. The monoisotopic (exact) mass is 259 g/mol. The minimum atomic E-state index is -1.13. The molecule has 0 bridgehead atoms. The summed E-state index contributed by atoms with van der Waals surface area (Å²) < 4.78 is 0. The first kappa shape index (κ1) is 14.7. The Kier molecular flexibility index (Phi) is 5.36. The van der Waals surface area contributed by atoms with Gasteiger partial charge in [-0.05, 0) is 14.0 Å². The molecule has 0 aliphatic carbocycles. The summed E-state index contributed by atoms with van der Waals surface area (Å²) in [6.07, 6.45) is 0.0171. The maximum atomic E-state index is 12.0. The van der Waals surface area contributed by atoms with Crippen molar-refractivity contribution in [3.05, 3.63) is 0 Å². The van der Waals surface area contributed by atoms with Gasteiger partial charge in [-0.25, -0.2) is 9.59 Å². The molecular formula is C11H21N3O4. The Hall–Kier alpha value is -1.34. The van der Waals surface area contributed by atoms with Crippen molar-refractivity contribution in [3.8, 4) is 0 Å². The molecule has 2 amide bonds. The number of carbonyl (C=O) groups excluding carboxylic acids is 1. The number of carboxylic acids is 1. The zero-order valence-corrected chi connectivity index (χ0v) is 10.8. The van der Waals surface area contributed by atoms with Gasteiger partial charge >= 0.3 is 12.0 Å². The van der Waals surface area contributed by atoms with Crippen molar-refractivity contribution in [2.75, 3.05) is 33.3 Å². The van der Waals surface area contributed by atoms with E-state index in [1.807, 2.05) is 14.0 Å². The van der Waals surface area contributed by atoms with Gasteiger partial charge in [0, 0.05) is 38.7 Å². The second-order valence-corrected chi connectivity index (χ2v) is 4.66. The Balaban J connectivity index is 2.55. The molecule has 3 N–H and O–H groups in total. The Labute approximate surface area is 106 Å². The minimum Gasteiger partial charge on any atom is -0.480 e. The van der Waals surface area contributed by atoms with Crippen molar-refractivity contribution in [1.82, 2.24) is 15.1 Å². The smallest absolute Gasteiger partial charge is 0.326 e. The van der Waals surface area contributed by atoms with E-state index in [9.17, 15) is 9.59 Å². The number of likely N-dealkylation sites (N-methyl/N-ethyl adjacent to an activating group) is 1. The fourth-order valence-corrected chi connectivity index (χ4v) is 2.06. The minimum absolute atomic E-state index is 0.0171. The van der Waals surface area contributed by atoms with Crippen LogP contribution in [0.5, 0.6) is 0 Å². The van der Waals surface area contributed by atoms with E-state index in [4.69, 9.17) is 10.2 Å². The molecule has 1 rings (SSSR count). The lowest BCUT2D eigenvalue weighted by molar-refractivity contribution is -0.139. The van der Waals surface area contributed by atoms with Crippen LogP contribution in [0, 0.1) is 0 Å². The highest BCUT2D eigenvalue weighted by molar-refractivity contribution is 5.82. The molecule has 1 saturated heterocycles. The number of hydrogen-bond donors (Lipinski definition) is 3. The molecule has 0 aromatic carbocycles. The van der Waals surface area contributed by atoms with Crippen LogP contribution in [-0.2, 0) is 4.79 Å². The highest BCUT2D eigenvalue weighted by atomic mass is 16.4. The van der Waals surface area contributed by atoms with Gasteiger partial charge in [0.05, 0.1) is 0 Å². The SMILES string of the molecule is CC1CN(C)CCN1C(=O)N[C@H](CCO)C(=O)O. The molecule has 0 aromatic heterocycles.